The summed E-state index contributed by atoms with van der Waals surface area (Å²) in [7, 11) is -3.40. The van der Waals surface area contributed by atoms with Gasteiger partial charge in [0.1, 0.15) is 11.4 Å². The number of likely N-dealkylation sites (tertiary alicyclic amines) is 1. The van der Waals surface area contributed by atoms with Gasteiger partial charge < -0.3 is 4.74 Å². The van der Waals surface area contributed by atoms with E-state index in [0.29, 0.717) is 30.0 Å². The third kappa shape index (κ3) is 4.76. The van der Waals surface area contributed by atoms with Crippen molar-refractivity contribution in [2.75, 3.05) is 30.6 Å². The molecule has 4 rings (SSSR count). The summed E-state index contributed by atoms with van der Waals surface area (Å²) in [5.74, 6) is 0.529. The van der Waals surface area contributed by atoms with Crippen LogP contribution < -0.4 is 9.46 Å². The van der Waals surface area contributed by atoms with Gasteiger partial charge in [-0.25, -0.2) is 8.42 Å². The molecule has 1 atom stereocenters. The number of Topliss-reactive ketones (excluding diaryl/α,β-unsaturated/α-hetero) is 1. The van der Waals surface area contributed by atoms with Gasteiger partial charge in [-0.3, -0.25) is 19.4 Å². The molecule has 29 heavy (non-hydrogen) atoms. The summed E-state index contributed by atoms with van der Waals surface area (Å²) < 4.78 is 31.7. The smallest absolute Gasteiger partial charge is 0.229 e. The molecule has 1 N–H and O–H groups in total. The molecule has 1 fully saturated rings. The molecule has 0 saturated carbocycles. The number of carbonyl (C=O) groups excluding carboxylic acids is 1. The van der Waals surface area contributed by atoms with E-state index in [1.807, 2.05) is 18.2 Å². The number of hydrogen-bond donors (Lipinski definition) is 1. The van der Waals surface area contributed by atoms with Gasteiger partial charge in [-0.05, 0) is 49.7 Å². The zero-order valence-electron chi connectivity index (χ0n) is 16.4. The molecule has 154 valence electrons. The maximum atomic E-state index is 12.9. The first kappa shape index (κ1) is 19.8. The number of nitrogens with one attached hydrogen (secondary N) is 1. The van der Waals surface area contributed by atoms with Gasteiger partial charge in [-0.2, -0.15) is 0 Å². The van der Waals surface area contributed by atoms with Crippen molar-refractivity contribution in [3.63, 3.8) is 0 Å². The second-order valence-electron chi connectivity index (χ2n) is 7.92. The molecule has 8 heteroatoms. The summed E-state index contributed by atoms with van der Waals surface area (Å²) in [6.45, 7) is 2.56. The van der Waals surface area contributed by atoms with Crippen molar-refractivity contribution in [3.05, 3.63) is 53.9 Å². The standard InChI is InChI=1S/C21H25N3O4S/c1-29(26,27)23-17-6-7-20-18(13-17)19(25)14-21(28-20)9-4-11-24(15-21)12-8-16-5-2-3-10-22-16/h2-3,5-7,10,13,23H,4,8-9,11-12,14-15H2,1H3. The van der Waals surface area contributed by atoms with Crippen molar-refractivity contribution in [1.29, 1.82) is 0 Å². The summed E-state index contributed by atoms with van der Waals surface area (Å²) in [6, 6.07) is 10.8. The molecular formula is C21H25N3O4S. The number of sulfonamides is 1. The maximum Gasteiger partial charge on any atom is 0.229 e. The minimum atomic E-state index is -3.40. The number of fused-ring (bicyclic) bond motifs is 1. The first-order chi connectivity index (χ1) is 13.8. The zero-order valence-corrected chi connectivity index (χ0v) is 17.2. The Kier molecular flexibility index (Phi) is 5.31. The van der Waals surface area contributed by atoms with Crippen molar-refractivity contribution in [1.82, 2.24) is 9.88 Å². The van der Waals surface area contributed by atoms with Crippen molar-refractivity contribution < 1.29 is 17.9 Å². The van der Waals surface area contributed by atoms with Gasteiger partial charge in [0, 0.05) is 37.1 Å². The molecule has 2 aliphatic heterocycles. The monoisotopic (exact) mass is 415 g/mol. The molecule has 2 aromatic rings. The first-order valence-electron chi connectivity index (χ1n) is 9.78. The van der Waals surface area contributed by atoms with Crippen LogP contribution in [0.15, 0.2) is 42.6 Å². The number of ether oxygens (including phenoxy) is 1. The molecule has 7 nitrogen and oxygen atoms in total. The van der Waals surface area contributed by atoms with E-state index in [0.717, 1.165) is 44.3 Å². The first-order valence-corrected chi connectivity index (χ1v) is 11.7. The number of hydrogen-bond acceptors (Lipinski definition) is 6. The van der Waals surface area contributed by atoms with Crippen LogP contribution in [0.1, 0.15) is 35.3 Å². The lowest BCUT2D eigenvalue weighted by atomic mass is 9.83. The minimum absolute atomic E-state index is 0.00465. The number of aromatic nitrogens is 1. The second kappa shape index (κ2) is 7.76. The van der Waals surface area contributed by atoms with Crippen LogP contribution in [0.4, 0.5) is 5.69 Å². The van der Waals surface area contributed by atoms with Crippen LogP contribution in [0.5, 0.6) is 5.75 Å². The lowest BCUT2D eigenvalue weighted by Gasteiger charge is -2.45. The molecule has 3 heterocycles. The van der Waals surface area contributed by atoms with E-state index in [2.05, 4.69) is 14.6 Å². The highest BCUT2D eigenvalue weighted by molar-refractivity contribution is 7.92. The Balaban J connectivity index is 1.47. The normalized spacial score (nSPS) is 22.2. The minimum Gasteiger partial charge on any atom is -0.485 e. The fourth-order valence-corrected chi connectivity index (χ4v) is 4.75. The molecule has 0 bridgehead atoms. The molecule has 1 aromatic heterocycles. The van der Waals surface area contributed by atoms with E-state index in [4.69, 9.17) is 4.74 Å². The molecular weight excluding hydrogens is 390 g/mol. The summed E-state index contributed by atoms with van der Waals surface area (Å²) >= 11 is 0. The van der Waals surface area contributed by atoms with Crippen LogP contribution in [-0.2, 0) is 16.4 Å². The Morgan fingerprint density at radius 3 is 2.90 bits per heavy atom. The van der Waals surface area contributed by atoms with Crippen LogP contribution in [0, 0.1) is 0 Å². The summed E-state index contributed by atoms with van der Waals surface area (Å²) in [6.07, 6.45) is 5.87. The van der Waals surface area contributed by atoms with Crippen LogP contribution in [0.2, 0.25) is 0 Å². The van der Waals surface area contributed by atoms with Gasteiger partial charge in [-0.15, -0.1) is 0 Å². The van der Waals surface area contributed by atoms with Crippen LogP contribution >= 0.6 is 0 Å². The third-order valence-corrected chi connectivity index (χ3v) is 6.03. The number of pyridine rings is 1. The highest BCUT2D eigenvalue weighted by atomic mass is 32.2. The third-order valence-electron chi connectivity index (χ3n) is 5.42. The van der Waals surface area contributed by atoms with E-state index in [1.54, 1.807) is 24.4 Å². The van der Waals surface area contributed by atoms with Gasteiger partial charge in [0.2, 0.25) is 10.0 Å². The van der Waals surface area contributed by atoms with Crippen LogP contribution in [0.25, 0.3) is 0 Å². The molecule has 0 radical (unpaired) electrons. The predicted octanol–water partition coefficient (Wildman–Crippen LogP) is 2.50. The second-order valence-corrected chi connectivity index (χ2v) is 9.67. The van der Waals surface area contributed by atoms with E-state index < -0.39 is 15.6 Å². The van der Waals surface area contributed by atoms with E-state index in [-0.39, 0.29) is 5.78 Å². The summed E-state index contributed by atoms with van der Waals surface area (Å²) in [5.41, 5.74) is 1.36. The average molecular weight is 416 g/mol. The topological polar surface area (TPSA) is 88.6 Å². The van der Waals surface area contributed by atoms with E-state index >= 15 is 0 Å². The number of rotatable bonds is 5. The van der Waals surface area contributed by atoms with Crippen molar-refractivity contribution in [2.24, 2.45) is 0 Å². The number of piperidine rings is 1. The summed E-state index contributed by atoms with van der Waals surface area (Å²) in [5, 5.41) is 0. The van der Waals surface area contributed by atoms with Gasteiger partial charge in [0.15, 0.2) is 5.78 Å². The lowest BCUT2D eigenvalue weighted by molar-refractivity contribution is -0.0176. The highest BCUT2D eigenvalue weighted by Crippen LogP contribution is 2.39. The predicted molar refractivity (Wildman–Crippen MR) is 111 cm³/mol. The average Bonchev–Trinajstić information content (AvgIpc) is 2.67. The largest absolute Gasteiger partial charge is 0.485 e. The molecule has 0 aliphatic carbocycles. The van der Waals surface area contributed by atoms with Gasteiger partial charge in [0.05, 0.1) is 18.2 Å². The van der Waals surface area contributed by atoms with Gasteiger partial charge in [0.25, 0.3) is 0 Å². The Bertz CT molecular complexity index is 1010. The highest BCUT2D eigenvalue weighted by Gasteiger charge is 2.43. The molecule has 0 amide bonds. The molecule has 1 aromatic carbocycles. The number of ketones is 1. The number of nitrogens with zero attached hydrogens (tertiary/aromatic N) is 2. The maximum absolute atomic E-state index is 12.9. The van der Waals surface area contributed by atoms with Crippen LogP contribution in [0.3, 0.4) is 0 Å². The van der Waals surface area contributed by atoms with Gasteiger partial charge >= 0.3 is 0 Å². The fraction of sp³-hybridized carbons (Fsp3) is 0.429. The molecule has 1 unspecified atom stereocenters. The van der Waals surface area contributed by atoms with Crippen molar-refractivity contribution in [3.8, 4) is 5.75 Å². The fourth-order valence-electron chi connectivity index (χ4n) is 4.20. The SMILES string of the molecule is CS(=O)(=O)Nc1ccc2c(c1)C(=O)CC1(CCCN(CCc3ccccn3)C1)O2. The van der Waals surface area contributed by atoms with Crippen molar-refractivity contribution >= 4 is 21.5 Å². The Hall–Kier alpha value is -2.45. The van der Waals surface area contributed by atoms with E-state index in [1.165, 1.54) is 0 Å². The van der Waals surface area contributed by atoms with Crippen LogP contribution in [-0.4, -0.2) is 55.6 Å². The molecule has 1 spiro atoms. The Morgan fingerprint density at radius 1 is 1.28 bits per heavy atom. The number of carbonyl (C=O) groups is 1. The van der Waals surface area contributed by atoms with Crippen molar-refractivity contribution in [2.45, 2.75) is 31.3 Å². The Morgan fingerprint density at radius 2 is 2.14 bits per heavy atom. The van der Waals surface area contributed by atoms with E-state index in [9.17, 15) is 13.2 Å². The number of benzene rings is 1. The number of anilines is 1. The van der Waals surface area contributed by atoms with Gasteiger partial charge in [-0.1, -0.05) is 6.07 Å². The Labute approximate surface area is 171 Å². The lowest BCUT2D eigenvalue weighted by Crippen LogP contribution is -2.54. The molecule has 1 saturated heterocycles. The zero-order chi connectivity index (χ0) is 20.5. The quantitative estimate of drug-likeness (QED) is 0.807. The summed E-state index contributed by atoms with van der Waals surface area (Å²) in [4.78, 5) is 19.6. The molecule has 2 aliphatic rings.